The van der Waals surface area contributed by atoms with Crippen LogP contribution in [0.25, 0.3) is 0 Å². The minimum absolute atomic E-state index is 0.0840. The molecule has 0 radical (unpaired) electrons. The van der Waals surface area contributed by atoms with Gasteiger partial charge in [-0.25, -0.2) is 13.8 Å². The van der Waals surface area contributed by atoms with E-state index in [0.717, 1.165) is 12.8 Å². The molecule has 0 spiro atoms. The highest BCUT2D eigenvalue weighted by atomic mass is 32.2. The minimum atomic E-state index is -3.62. The van der Waals surface area contributed by atoms with Crippen molar-refractivity contribution in [3.05, 3.63) is 53.6 Å². The van der Waals surface area contributed by atoms with Crippen molar-refractivity contribution < 1.29 is 27.5 Å². The summed E-state index contributed by atoms with van der Waals surface area (Å²) in [6.45, 7) is 3.08. The van der Waals surface area contributed by atoms with Gasteiger partial charge in [0, 0.05) is 32.7 Å². The number of benzene rings is 2. The van der Waals surface area contributed by atoms with E-state index in [2.05, 4.69) is 10.5 Å². The van der Waals surface area contributed by atoms with Crippen molar-refractivity contribution >= 4 is 28.1 Å². The molecule has 1 saturated heterocycles. The van der Waals surface area contributed by atoms with Gasteiger partial charge in [0.15, 0.2) is 18.1 Å². The fourth-order valence-corrected chi connectivity index (χ4v) is 4.93. The Labute approximate surface area is 205 Å². The van der Waals surface area contributed by atoms with E-state index in [1.54, 1.807) is 32.3 Å². The lowest BCUT2D eigenvalue weighted by atomic mass is 10.2. The van der Waals surface area contributed by atoms with Gasteiger partial charge >= 0.3 is 0 Å². The molecule has 2 aromatic rings. The zero-order valence-corrected chi connectivity index (χ0v) is 20.9. The molecule has 35 heavy (non-hydrogen) atoms. The largest absolute Gasteiger partial charge is 0.490 e. The number of ether oxygens (including phenoxy) is 2. The Bertz CT molecular complexity index is 1190. The molecule has 2 aromatic carbocycles. The topological polar surface area (TPSA) is 118 Å². The van der Waals surface area contributed by atoms with E-state index in [9.17, 15) is 18.0 Å². The maximum absolute atomic E-state index is 12.8. The van der Waals surface area contributed by atoms with Crippen LogP contribution in [0.2, 0.25) is 0 Å². The third-order valence-corrected chi connectivity index (χ3v) is 7.19. The van der Waals surface area contributed by atoms with Crippen LogP contribution < -0.4 is 14.9 Å². The van der Waals surface area contributed by atoms with E-state index in [-0.39, 0.29) is 23.0 Å². The first kappa shape index (κ1) is 26.2. The van der Waals surface area contributed by atoms with Gasteiger partial charge in [-0.05, 0) is 61.7 Å². The molecule has 0 unspecified atom stereocenters. The molecule has 1 aliphatic heterocycles. The fourth-order valence-electron chi connectivity index (χ4n) is 3.37. The molecule has 1 aliphatic rings. The van der Waals surface area contributed by atoms with Crippen molar-refractivity contribution in [1.29, 1.82) is 0 Å². The molecule has 0 bridgehead atoms. The second-order valence-electron chi connectivity index (χ2n) is 8.05. The normalized spacial score (nSPS) is 14.1. The lowest BCUT2D eigenvalue weighted by Gasteiger charge is -2.15. The molecular formula is C24H30N4O6S. The smallest absolute Gasteiger partial charge is 0.271 e. The highest BCUT2D eigenvalue weighted by molar-refractivity contribution is 7.89. The second-order valence-corrected chi connectivity index (χ2v) is 9.99. The van der Waals surface area contributed by atoms with Crippen LogP contribution in [0.4, 0.5) is 0 Å². The number of nitrogens with zero attached hydrogens (tertiary/aromatic N) is 3. The van der Waals surface area contributed by atoms with Crippen LogP contribution in [0.3, 0.4) is 0 Å². The molecule has 3 rings (SSSR count). The monoisotopic (exact) mass is 502 g/mol. The van der Waals surface area contributed by atoms with Crippen molar-refractivity contribution in [2.75, 3.05) is 40.4 Å². The van der Waals surface area contributed by atoms with Crippen molar-refractivity contribution in [1.82, 2.24) is 14.6 Å². The van der Waals surface area contributed by atoms with E-state index in [0.29, 0.717) is 36.8 Å². The third kappa shape index (κ3) is 6.80. The number of sulfonamides is 1. The number of rotatable bonds is 10. The maximum atomic E-state index is 12.8. The Morgan fingerprint density at radius 3 is 2.51 bits per heavy atom. The number of amides is 2. The van der Waals surface area contributed by atoms with Crippen LogP contribution in [0.5, 0.6) is 11.5 Å². The van der Waals surface area contributed by atoms with Crippen molar-refractivity contribution in [3.63, 3.8) is 0 Å². The highest BCUT2D eigenvalue weighted by Gasteiger charge is 2.27. The van der Waals surface area contributed by atoms with Gasteiger partial charge in [0.05, 0.1) is 17.7 Å². The van der Waals surface area contributed by atoms with Crippen LogP contribution in [0.15, 0.2) is 52.5 Å². The van der Waals surface area contributed by atoms with E-state index in [1.165, 1.54) is 39.7 Å². The van der Waals surface area contributed by atoms with Crippen LogP contribution >= 0.6 is 0 Å². The van der Waals surface area contributed by atoms with Crippen molar-refractivity contribution in [2.45, 2.75) is 24.7 Å². The predicted octanol–water partition coefficient (Wildman–Crippen LogP) is 2.10. The Hall–Kier alpha value is -3.44. The molecule has 10 nitrogen and oxygen atoms in total. The molecule has 0 aliphatic carbocycles. The highest BCUT2D eigenvalue weighted by Crippen LogP contribution is 2.28. The lowest BCUT2D eigenvalue weighted by Crippen LogP contribution is -2.28. The van der Waals surface area contributed by atoms with Crippen LogP contribution in [0, 0.1) is 0 Å². The molecule has 0 saturated carbocycles. The lowest BCUT2D eigenvalue weighted by molar-refractivity contribution is -0.130. The van der Waals surface area contributed by atoms with Gasteiger partial charge in [-0.1, -0.05) is 6.07 Å². The van der Waals surface area contributed by atoms with Gasteiger partial charge in [0.1, 0.15) is 0 Å². The Balaban J connectivity index is 1.67. The van der Waals surface area contributed by atoms with Crippen LogP contribution in [-0.4, -0.2) is 76.1 Å². The van der Waals surface area contributed by atoms with E-state index >= 15 is 0 Å². The van der Waals surface area contributed by atoms with Gasteiger partial charge < -0.3 is 14.4 Å². The number of hydrogen-bond acceptors (Lipinski definition) is 7. The summed E-state index contributed by atoms with van der Waals surface area (Å²) in [5.41, 5.74) is 3.23. The summed E-state index contributed by atoms with van der Waals surface area (Å²) < 4.78 is 38.1. The summed E-state index contributed by atoms with van der Waals surface area (Å²) in [5, 5.41) is 3.97. The van der Waals surface area contributed by atoms with E-state index in [1.807, 2.05) is 6.92 Å². The van der Waals surface area contributed by atoms with Crippen molar-refractivity contribution in [2.24, 2.45) is 5.10 Å². The predicted molar refractivity (Wildman–Crippen MR) is 131 cm³/mol. The zero-order chi connectivity index (χ0) is 25.4. The quantitative estimate of drug-likeness (QED) is 0.393. The van der Waals surface area contributed by atoms with E-state index in [4.69, 9.17) is 9.47 Å². The number of carbonyl (C=O) groups is 2. The van der Waals surface area contributed by atoms with Gasteiger partial charge in [0.2, 0.25) is 10.0 Å². The standard InChI is InChI=1S/C24H30N4O6S/c1-4-33-22-14-18(10-11-21(22)34-17-23(29)27(2)3)16-25-26-24(30)19-8-7-9-20(15-19)35(31,32)28-12-5-6-13-28/h7-11,14-16H,4-6,12-13,17H2,1-3H3,(H,26,30)/b25-16-. The molecule has 1 heterocycles. The van der Waals surface area contributed by atoms with Gasteiger partial charge in [0.25, 0.3) is 11.8 Å². The molecule has 0 atom stereocenters. The molecule has 2 amide bonds. The minimum Gasteiger partial charge on any atom is -0.490 e. The number of carbonyl (C=O) groups excluding carboxylic acids is 2. The number of hydrazone groups is 1. The first-order valence-electron chi connectivity index (χ1n) is 11.3. The third-order valence-electron chi connectivity index (χ3n) is 5.30. The Kier molecular flexibility index (Phi) is 8.83. The zero-order valence-electron chi connectivity index (χ0n) is 20.1. The van der Waals surface area contributed by atoms with Gasteiger partial charge in [-0.2, -0.15) is 9.41 Å². The molecule has 1 N–H and O–H groups in total. The number of nitrogens with one attached hydrogen (secondary N) is 1. The van der Waals surface area contributed by atoms with E-state index < -0.39 is 15.9 Å². The summed E-state index contributed by atoms with van der Waals surface area (Å²) in [5.74, 6) is 0.137. The fraction of sp³-hybridized carbons (Fsp3) is 0.375. The summed E-state index contributed by atoms with van der Waals surface area (Å²) in [7, 11) is -0.333. The number of hydrogen-bond donors (Lipinski definition) is 1. The summed E-state index contributed by atoms with van der Waals surface area (Å²) >= 11 is 0. The average Bonchev–Trinajstić information content (AvgIpc) is 3.39. The first-order chi connectivity index (χ1) is 16.7. The van der Waals surface area contributed by atoms with Crippen LogP contribution in [-0.2, 0) is 14.8 Å². The summed E-state index contributed by atoms with van der Waals surface area (Å²) in [4.78, 5) is 25.8. The Morgan fingerprint density at radius 1 is 1.09 bits per heavy atom. The van der Waals surface area contributed by atoms with Crippen LogP contribution in [0.1, 0.15) is 35.7 Å². The number of likely N-dealkylation sites (N-methyl/N-ethyl adjacent to an activating group) is 1. The summed E-state index contributed by atoms with van der Waals surface area (Å²) in [6.07, 6.45) is 3.10. The SMILES string of the molecule is CCOc1cc(/C=N\NC(=O)c2cccc(S(=O)(=O)N3CCCC3)c2)ccc1OCC(=O)N(C)C. The summed E-state index contributed by atoms with van der Waals surface area (Å²) in [6, 6.07) is 10.9. The van der Waals surface area contributed by atoms with Gasteiger partial charge in [-0.15, -0.1) is 0 Å². The molecule has 0 aromatic heterocycles. The molecular weight excluding hydrogens is 472 g/mol. The molecule has 1 fully saturated rings. The first-order valence-corrected chi connectivity index (χ1v) is 12.7. The molecule has 188 valence electrons. The van der Waals surface area contributed by atoms with Gasteiger partial charge in [-0.3, -0.25) is 9.59 Å². The maximum Gasteiger partial charge on any atom is 0.271 e. The second kappa shape index (κ2) is 11.8. The average molecular weight is 503 g/mol. The Morgan fingerprint density at radius 2 is 1.83 bits per heavy atom. The van der Waals surface area contributed by atoms with Crippen molar-refractivity contribution in [3.8, 4) is 11.5 Å². The molecule has 11 heteroatoms.